The average Bonchev–Trinajstić information content (AvgIpc) is 3.19. The summed E-state index contributed by atoms with van der Waals surface area (Å²) in [4.78, 5) is 23.6. The van der Waals surface area contributed by atoms with Crippen molar-refractivity contribution in [3.63, 3.8) is 0 Å². The number of likely N-dealkylation sites (tertiary alicyclic amines) is 1. The Morgan fingerprint density at radius 1 is 1.23 bits per heavy atom. The summed E-state index contributed by atoms with van der Waals surface area (Å²) in [6, 6.07) is 7.89. The minimum absolute atomic E-state index is 0. The Bertz CT molecular complexity index is 675. The molecule has 1 aromatic carbocycles. The molecule has 7 heteroatoms. The van der Waals surface area contributed by atoms with E-state index in [1.807, 2.05) is 18.2 Å². The summed E-state index contributed by atoms with van der Waals surface area (Å²) in [6.07, 6.45) is 2.07. The van der Waals surface area contributed by atoms with Gasteiger partial charge in [0.05, 0.1) is 0 Å². The van der Waals surface area contributed by atoms with Crippen LogP contribution in [0.2, 0.25) is 0 Å². The first-order valence-corrected chi connectivity index (χ1v) is 11.0. The molecule has 0 aromatic heterocycles. The van der Waals surface area contributed by atoms with Gasteiger partial charge in [-0.05, 0) is 56.5 Å². The molecule has 0 bridgehead atoms. The molecule has 1 aromatic rings. The Labute approximate surface area is 200 Å². The number of nitrogens with one attached hydrogen (secondary N) is 1. The number of halogens is 1. The second-order valence-corrected chi connectivity index (χ2v) is 7.97. The van der Waals surface area contributed by atoms with Crippen molar-refractivity contribution in [1.29, 1.82) is 0 Å². The first-order valence-electron chi connectivity index (χ1n) is 11.0. The number of aliphatic imine (C=N–C) groups is 1. The zero-order valence-electron chi connectivity index (χ0n) is 19.4. The standard InChI is InChI=1S/C23H39N5O.HI/c1-6-24-23(28-15-13-20(18-28)17-27(7-2)8-3)25-14-12-19-10-9-11-21(16-19)22(29)26(4)5;/h9-11,16,20H,6-8,12-15,17-18H2,1-5H3,(H,24,25);1H. The molecule has 1 aliphatic rings. The van der Waals surface area contributed by atoms with Gasteiger partial charge in [0, 0.05) is 52.4 Å². The number of carbonyl (C=O) groups excluding carboxylic acids is 1. The predicted molar refractivity (Wildman–Crippen MR) is 137 cm³/mol. The monoisotopic (exact) mass is 529 g/mol. The highest BCUT2D eigenvalue weighted by molar-refractivity contribution is 14.0. The van der Waals surface area contributed by atoms with Gasteiger partial charge in [-0.25, -0.2) is 0 Å². The highest BCUT2D eigenvalue weighted by atomic mass is 127. The molecule has 0 aliphatic carbocycles. The van der Waals surface area contributed by atoms with E-state index in [2.05, 4.69) is 42.0 Å². The van der Waals surface area contributed by atoms with E-state index in [-0.39, 0.29) is 29.9 Å². The predicted octanol–water partition coefficient (Wildman–Crippen LogP) is 3.18. The van der Waals surface area contributed by atoms with E-state index in [0.29, 0.717) is 5.92 Å². The zero-order valence-corrected chi connectivity index (χ0v) is 21.7. The maximum atomic E-state index is 12.2. The second kappa shape index (κ2) is 13.9. The Balaban J connectivity index is 0.00000450. The lowest BCUT2D eigenvalue weighted by Gasteiger charge is -2.24. The van der Waals surface area contributed by atoms with Crippen LogP contribution in [0.25, 0.3) is 0 Å². The Hall–Kier alpha value is -1.35. The van der Waals surface area contributed by atoms with Crippen LogP contribution in [0.15, 0.2) is 29.3 Å². The number of carbonyl (C=O) groups is 1. The molecular weight excluding hydrogens is 489 g/mol. The molecule has 1 aliphatic heterocycles. The van der Waals surface area contributed by atoms with Crippen molar-refractivity contribution in [3.8, 4) is 0 Å². The van der Waals surface area contributed by atoms with E-state index in [4.69, 9.17) is 4.99 Å². The number of hydrogen-bond donors (Lipinski definition) is 1. The molecular formula is C23H40IN5O. The maximum Gasteiger partial charge on any atom is 0.253 e. The van der Waals surface area contributed by atoms with Crippen LogP contribution in [-0.2, 0) is 6.42 Å². The van der Waals surface area contributed by atoms with Crippen LogP contribution < -0.4 is 5.32 Å². The van der Waals surface area contributed by atoms with Gasteiger partial charge < -0.3 is 20.0 Å². The number of guanidine groups is 1. The Kier molecular flexibility index (Phi) is 12.3. The highest BCUT2D eigenvalue weighted by Gasteiger charge is 2.25. The summed E-state index contributed by atoms with van der Waals surface area (Å²) in [5.74, 6) is 1.78. The molecule has 1 fully saturated rings. The van der Waals surface area contributed by atoms with Crippen LogP contribution in [0.5, 0.6) is 0 Å². The Morgan fingerprint density at radius 2 is 1.97 bits per heavy atom. The molecule has 6 nitrogen and oxygen atoms in total. The zero-order chi connectivity index (χ0) is 21.2. The van der Waals surface area contributed by atoms with Crippen LogP contribution in [0.3, 0.4) is 0 Å². The smallest absolute Gasteiger partial charge is 0.253 e. The number of rotatable bonds is 9. The molecule has 1 N–H and O–H groups in total. The van der Waals surface area contributed by atoms with E-state index in [0.717, 1.165) is 62.8 Å². The molecule has 1 unspecified atom stereocenters. The van der Waals surface area contributed by atoms with Gasteiger partial charge in [-0.15, -0.1) is 24.0 Å². The summed E-state index contributed by atoms with van der Waals surface area (Å²) in [5.41, 5.74) is 1.89. The van der Waals surface area contributed by atoms with Crippen LogP contribution in [0, 0.1) is 5.92 Å². The molecule has 0 spiro atoms. The first kappa shape index (κ1) is 26.7. The molecule has 2 rings (SSSR count). The third-order valence-electron chi connectivity index (χ3n) is 5.57. The summed E-state index contributed by atoms with van der Waals surface area (Å²) in [5, 5.41) is 3.46. The summed E-state index contributed by atoms with van der Waals surface area (Å²) >= 11 is 0. The molecule has 30 heavy (non-hydrogen) atoms. The maximum absolute atomic E-state index is 12.2. The van der Waals surface area contributed by atoms with E-state index < -0.39 is 0 Å². The number of nitrogens with zero attached hydrogens (tertiary/aromatic N) is 4. The molecule has 1 heterocycles. The van der Waals surface area contributed by atoms with Crippen LogP contribution >= 0.6 is 24.0 Å². The van der Waals surface area contributed by atoms with Gasteiger partial charge in [-0.3, -0.25) is 9.79 Å². The van der Waals surface area contributed by atoms with Gasteiger partial charge in [0.1, 0.15) is 0 Å². The van der Waals surface area contributed by atoms with Crippen LogP contribution in [0.1, 0.15) is 43.1 Å². The number of amides is 1. The molecule has 0 radical (unpaired) electrons. The van der Waals surface area contributed by atoms with Crippen molar-refractivity contribution in [3.05, 3.63) is 35.4 Å². The SMILES string of the molecule is CCNC(=NCCc1cccc(C(=O)N(C)C)c1)N1CCC(CN(CC)CC)C1.I. The van der Waals surface area contributed by atoms with E-state index in [1.165, 1.54) is 13.0 Å². The third-order valence-corrected chi connectivity index (χ3v) is 5.57. The van der Waals surface area contributed by atoms with Crippen molar-refractivity contribution >= 4 is 35.8 Å². The molecule has 1 atom stereocenters. The van der Waals surface area contributed by atoms with Gasteiger partial charge in [-0.2, -0.15) is 0 Å². The number of hydrogen-bond acceptors (Lipinski definition) is 3. The van der Waals surface area contributed by atoms with Crippen molar-refractivity contribution in [2.45, 2.75) is 33.6 Å². The van der Waals surface area contributed by atoms with Gasteiger partial charge in [0.25, 0.3) is 5.91 Å². The largest absolute Gasteiger partial charge is 0.357 e. The third kappa shape index (κ3) is 8.06. The summed E-state index contributed by atoms with van der Waals surface area (Å²) < 4.78 is 0. The molecule has 1 amide bonds. The Morgan fingerprint density at radius 3 is 2.60 bits per heavy atom. The lowest BCUT2D eigenvalue weighted by atomic mass is 10.1. The van der Waals surface area contributed by atoms with Gasteiger partial charge in [-0.1, -0.05) is 26.0 Å². The minimum atomic E-state index is 0. The van der Waals surface area contributed by atoms with Crippen molar-refractivity contribution in [1.82, 2.24) is 20.0 Å². The highest BCUT2D eigenvalue weighted by Crippen LogP contribution is 2.18. The van der Waals surface area contributed by atoms with E-state index in [9.17, 15) is 4.79 Å². The first-order chi connectivity index (χ1) is 14.0. The van der Waals surface area contributed by atoms with E-state index >= 15 is 0 Å². The lowest BCUT2D eigenvalue weighted by molar-refractivity contribution is 0.0827. The lowest BCUT2D eigenvalue weighted by Crippen LogP contribution is -2.41. The molecule has 0 saturated carbocycles. The average molecular weight is 530 g/mol. The fraction of sp³-hybridized carbons (Fsp3) is 0.652. The molecule has 1 saturated heterocycles. The quantitative estimate of drug-likeness (QED) is 0.304. The minimum Gasteiger partial charge on any atom is -0.357 e. The van der Waals surface area contributed by atoms with Crippen molar-refractivity contribution < 1.29 is 4.79 Å². The van der Waals surface area contributed by atoms with Crippen LogP contribution in [0.4, 0.5) is 0 Å². The fourth-order valence-electron chi connectivity index (χ4n) is 3.86. The van der Waals surface area contributed by atoms with E-state index in [1.54, 1.807) is 19.0 Å². The molecule has 170 valence electrons. The number of benzene rings is 1. The van der Waals surface area contributed by atoms with Gasteiger partial charge >= 0.3 is 0 Å². The van der Waals surface area contributed by atoms with Crippen molar-refractivity contribution in [2.75, 3.05) is 59.9 Å². The summed E-state index contributed by atoms with van der Waals surface area (Å²) in [6.45, 7) is 13.8. The van der Waals surface area contributed by atoms with Gasteiger partial charge in [0.2, 0.25) is 0 Å². The fourth-order valence-corrected chi connectivity index (χ4v) is 3.86. The van der Waals surface area contributed by atoms with Crippen molar-refractivity contribution in [2.24, 2.45) is 10.9 Å². The topological polar surface area (TPSA) is 51.2 Å². The van der Waals surface area contributed by atoms with Gasteiger partial charge in [0.15, 0.2) is 5.96 Å². The normalized spacial score (nSPS) is 16.5. The second-order valence-electron chi connectivity index (χ2n) is 7.97. The summed E-state index contributed by atoms with van der Waals surface area (Å²) in [7, 11) is 3.57. The van der Waals surface area contributed by atoms with Crippen LogP contribution in [-0.4, -0.2) is 86.5 Å².